The number of anilines is 2. The van der Waals surface area contributed by atoms with Crippen LogP contribution in [0.15, 0.2) is 158 Å². The zero-order valence-corrected chi connectivity index (χ0v) is 23.7. The maximum Gasteiger partial charge on any atom is 0.0479 e. The maximum atomic E-state index is 3.83. The highest BCUT2D eigenvalue weighted by Gasteiger charge is 2.17. The van der Waals surface area contributed by atoms with Crippen molar-refractivity contribution >= 4 is 53.7 Å². The van der Waals surface area contributed by atoms with Crippen molar-refractivity contribution in [3.63, 3.8) is 0 Å². The Labute approximate surface area is 249 Å². The molecule has 2 heteroatoms. The highest BCUT2D eigenvalue weighted by molar-refractivity contribution is 7.27. The number of thiophene rings is 1. The highest BCUT2D eigenvalue weighted by atomic mass is 32.1. The predicted octanol–water partition coefficient (Wildman–Crippen LogP) is 12.0. The van der Waals surface area contributed by atoms with Crippen molar-refractivity contribution in [2.24, 2.45) is 0 Å². The van der Waals surface area contributed by atoms with E-state index < -0.39 is 0 Å². The molecule has 1 nitrogen and oxygen atoms in total. The smallest absolute Gasteiger partial charge is 0.0479 e. The molecule has 0 saturated carbocycles. The van der Waals surface area contributed by atoms with Crippen molar-refractivity contribution < 1.29 is 0 Å². The van der Waals surface area contributed by atoms with E-state index in [0.717, 1.165) is 11.4 Å². The van der Waals surface area contributed by atoms with E-state index in [0.29, 0.717) is 0 Å². The molecule has 0 spiro atoms. The number of fused-ring (bicyclic) bond motifs is 4. The van der Waals surface area contributed by atoms with Crippen molar-refractivity contribution in [3.8, 4) is 33.4 Å². The van der Waals surface area contributed by atoms with Crippen molar-refractivity contribution in [3.05, 3.63) is 158 Å². The Morgan fingerprint density at radius 1 is 0.405 bits per heavy atom. The molecule has 0 aliphatic heterocycles. The molecule has 0 bridgehead atoms. The van der Waals surface area contributed by atoms with Crippen LogP contribution in [0.4, 0.5) is 11.4 Å². The van der Waals surface area contributed by atoms with E-state index in [9.17, 15) is 0 Å². The number of hydrogen-bond acceptors (Lipinski definition) is 2. The second kappa shape index (κ2) is 10.3. The van der Waals surface area contributed by atoms with Crippen LogP contribution in [0.2, 0.25) is 0 Å². The van der Waals surface area contributed by atoms with Gasteiger partial charge in [-0.25, -0.2) is 0 Å². The summed E-state index contributed by atoms with van der Waals surface area (Å²) < 4.78 is 2.62. The third-order valence-corrected chi connectivity index (χ3v) is 9.33. The van der Waals surface area contributed by atoms with Gasteiger partial charge >= 0.3 is 0 Å². The zero-order valence-electron chi connectivity index (χ0n) is 22.9. The van der Waals surface area contributed by atoms with E-state index >= 15 is 0 Å². The summed E-state index contributed by atoms with van der Waals surface area (Å²) in [6.07, 6.45) is 0. The lowest BCUT2D eigenvalue weighted by Gasteiger charge is -2.13. The fourth-order valence-electron chi connectivity index (χ4n) is 6.09. The Balaban J connectivity index is 1.31. The topological polar surface area (TPSA) is 12.0 Å². The summed E-state index contributed by atoms with van der Waals surface area (Å²) in [6, 6.07) is 56.6. The fourth-order valence-corrected chi connectivity index (χ4v) is 7.49. The molecule has 0 saturated heterocycles. The van der Waals surface area contributed by atoms with Crippen LogP contribution >= 0.6 is 11.3 Å². The van der Waals surface area contributed by atoms with Crippen LogP contribution in [0.1, 0.15) is 0 Å². The lowest BCUT2D eigenvalue weighted by molar-refractivity contribution is 1.57. The first-order valence-corrected chi connectivity index (χ1v) is 15.1. The first-order chi connectivity index (χ1) is 20.8. The second-order valence-corrected chi connectivity index (χ2v) is 11.6. The molecule has 0 aliphatic rings. The van der Waals surface area contributed by atoms with Crippen LogP contribution in [0.3, 0.4) is 0 Å². The minimum atomic E-state index is 1.08. The first kappa shape index (κ1) is 24.6. The molecule has 7 aromatic carbocycles. The zero-order chi connectivity index (χ0) is 27.9. The summed E-state index contributed by atoms with van der Waals surface area (Å²) in [4.78, 5) is 0. The Morgan fingerprint density at radius 2 is 1.00 bits per heavy atom. The van der Waals surface area contributed by atoms with Crippen LogP contribution in [0, 0.1) is 0 Å². The van der Waals surface area contributed by atoms with Gasteiger partial charge in [-0.15, -0.1) is 11.3 Å². The monoisotopic (exact) mass is 553 g/mol. The van der Waals surface area contributed by atoms with Crippen LogP contribution in [-0.4, -0.2) is 0 Å². The van der Waals surface area contributed by atoms with Gasteiger partial charge in [-0.1, -0.05) is 140 Å². The Hall–Kier alpha value is -5.18. The van der Waals surface area contributed by atoms with Gasteiger partial charge in [-0.3, -0.25) is 0 Å². The molecular weight excluding hydrogens is 527 g/mol. The lowest BCUT2D eigenvalue weighted by atomic mass is 9.97. The summed E-state index contributed by atoms with van der Waals surface area (Å²) in [5, 5.41) is 8.90. The Morgan fingerprint density at radius 3 is 1.81 bits per heavy atom. The van der Waals surface area contributed by atoms with Crippen molar-refractivity contribution in [2.45, 2.75) is 0 Å². The molecule has 1 heterocycles. The molecule has 0 fully saturated rings. The standard InChI is InChI=1S/C40H27NS/c1-3-12-28(13-4-1)34-22-11-23-36-38-37(25-24-35(40(38)42-39(34)36)29-14-5-2-6-15-29)41-31-19-9-18-30(26-31)33-21-10-17-27-16-7-8-20-32(27)33/h1-26,41H. The molecule has 0 amide bonds. The normalized spacial score (nSPS) is 11.3. The summed E-state index contributed by atoms with van der Waals surface area (Å²) >= 11 is 1.89. The van der Waals surface area contributed by atoms with Gasteiger partial charge in [0.2, 0.25) is 0 Å². The van der Waals surface area contributed by atoms with Gasteiger partial charge in [-0.05, 0) is 62.4 Å². The minimum Gasteiger partial charge on any atom is -0.355 e. The fraction of sp³-hybridized carbons (Fsp3) is 0. The van der Waals surface area contributed by atoms with Gasteiger partial charge < -0.3 is 5.32 Å². The number of nitrogens with one attached hydrogen (secondary N) is 1. The van der Waals surface area contributed by atoms with Crippen molar-refractivity contribution in [2.75, 3.05) is 5.32 Å². The average Bonchev–Trinajstić information content (AvgIpc) is 3.46. The quantitative estimate of drug-likeness (QED) is 0.223. The van der Waals surface area contributed by atoms with Crippen molar-refractivity contribution in [1.29, 1.82) is 0 Å². The van der Waals surface area contributed by atoms with Crippen LogP contribution < -0.4 is 5.32 Å². The number of benzene rings is 7. The molecule has 42 heavy (non-hydrogen) atoms. The summed E-state index contributed by atoms with van der Waals surface area (Å²) in [6.45, 7) is 0. The summed E-state index contributed by atoms with van der Waals surface area (Å²) in [5.74, 6) is 0. The van der Waals surface area contributed by atoms with E-state index in [4.69, 9.17) is 0 Å². The second-order valence-electron chi connectivity index (χ2n) is 10.6. The largest absolute Gasteiger partial charge is 0.355 e. The molecule has 0 atom stereocenters. The van der Waals surface area contributed by atoms with E-state index in [2.05, 4.69) is 163 Å². The Bertz CT molecular complexity index is 2210. The van der Waals surface area contributed by atoms with Gasteiger partial charge in [-0.2, -0.15) is 0 Å². The van der Waals surface area contributed by atoms with Crippen LogP contribution in [-0.2, 0) is 0 Å². The maximum absolute atomic E-state index is 3.83. The van der Waals surface area contributed by atoms with Gasteiger partial charge in [0.05, 0.1) is 0 Å². The lowest BCUT2D eigenvalue weighted by Crippen LogP contribution is -1.92. The SMILES string of the molecule is c1ccc(-c2cccc3c2sc2c(-c4ccccc4)ccc(Nc4cccc(-c5cccc6ccccc56)c4)c23)cc1. The molecule has 0 unspecified atom stereocenters. The molecular formula is C40H27NS. The highest BCUT2D eigenvalue weighted by Crippen LogP contribution is 2.47. The van der Waals surface area contributed by atoms with Crippen LogP contribution in [0.5, 0.6) is 0 Å². The third kappa shape index (κ3) is 4.25. The molecule has 8 rings (SSSR count). The molecule has 0 radical (unpaired) electrons. The van der Waals surface area contributed by atoms with E-state index in [1.165, 1.54) is 64.3 Å². The third-order valence-electron chi connectivity index (χ3n) is 8.06. The van der Waals surface area contributed by atoms with E-state index in [-0.39, 0.29) is 0 Å². The molecule has 8 aromatic rings. The van der Waals surface area contributed by atoms with E-state index in [1.54, 1.807) is 0 Å². The van der Waals surface area contributed by atoms with Crippen molar-refractivity contribution in [1.82, 2.24) is 0 Å². The molecule has 1 aromatic heterocycles. The van der Waals surface area contributed by atoms with Gasteiger partial charge in [0.1, 0.15) is 0 Å². The molecule has 0 aliphatic carbocycles. The Kier molecular flexibility index (Phi) is 6.05. The number of hydrogen-bond donors (Lipinski definition) is 1. The van der Waals surface area contributed by atoms with Gasteiger partial charge in [0.25, 0.3) is 0 Å². The first-order valence-electron chi connectivity index (χ1n) is 14.3. The molecule has 1 N–H and O–H groups in total. The number of rotatable bonds is 5. The van der Waals surface area contributed by atoms with Crippen LogP contribution in [0.25, 0.3) is 64.3 Å². The van der Waals surface area contributed by atoms with Gasteiger partial charge in [0.15, 0.2) is 0 Å². The summed E-state index contributed by atoms with van der Waals surface area (Å²) in [5.41, 5.74) is 9.67. The minimum absolute atomic E-state index is 1.08. The van der Waals surface area contributed by atoms with E-state index in [1.807, 2.05) is 11.3 Å². The summed E-state index contributed by atoms with van der Waals surface area (Å²) in [7, 11) is 0. The average molecular weight is 554 g/mol. The predicted molar refractivity (Wildman–Crippen MR) is 183 cm³/mol. The van der Waals surface area contributed by atoms with Gasteiger partial charge in [0, 0.05) is 31.5 Å². The molecule has 198 valence electrons.